The summed E-state index contributed by atoms with van der Waals surface area (Å²) in [5.74, 6) is 0.311. The van der Waals surface area contributed by atoms with Crippen molar-refractivity contribution >= 4 is 28.7 Å². The first-order valence-electron chi connectivity index (χ1n) is 11.0. The quantitative estimate of drug-likeness (QED) is 0.531. The summed E-state index contributed by atoms with van der Waals surface area (Å²) in [5, 5.41) is 0.592. The fourth-order valence-electron chi connectivity index (χ4n) is 3.76. The Morgan fingerprint density at radius 2 is 1.82 bits per heavy atom. The molecule has 1 fully saturated rings. The maximum Gasteiger partial charge on any atom is 0.330 e. The normalized spacial score (nSPS) is 15.2. The number of fused-ring (bicyclic) bond motifs is 1. The van der Waals surface area contributed by atoms with Crippen LogP contribution in [0.4, 0.5) is 0 Å². The molecule has 3 aromatic rings. The van der Waals surface area contributed by atoms with Gasteiger partial charge in [-0.1, -0.05) is 23.7 Å². The Kier molecular flexibility index (Phi) is 6.90. The zero-order valence-corrected chi connectivity index (χ0v) is 20.1. The molecule has 2 aromatic heterocycles. The molecule has 10 nitrogen and oxygen atoms in total. The van der Waals surface area contributed by atoms with Crippen LogP contribution in [0.15, 0.2) is 45.7 Å². The molecule has 1 N–H and O–H groups in total. The van der Waals surface area contributed by atoms with E-state index in [1.165, 1.54) is 0 Å². The molecule has 0 atom stereocenters. The van der Waals surface area contributed by atoms with E-state index in [4.69, 9.17) is 16.3 Å². The van der Waals surface area contributed by atoms with Crippen LogP contribution >= 0.6 is 11.6 Å². The summed E-state index contributed by atoms with van der Waals surface area (Å²) in [7, 11) is 1.99. The predicted octanol–water partition coefficient (Wildman–Crippen LogP) is 1.66. The van der Waals surface area contributed by atoms with Crippen LogP contribution in [0.1, 0.15) is 19.4 Å². The van der Waals surface area contributed by atoms with Crippen molar-refractivity contribution in [2.24, 2.45) is 0 Å². The number of imidazole rings is 1. The first-order chi connectivity index (χ1) is 16.3. The van der Waals surface area contributed by atoms with E-state index < -0.39 is 11.2 Å². The summed E-state index contributed by atoms with van der Waals surface area (Å²) in [5.41, 5.74) is -0.177. The van der Waals surface area contributed by atoms with Crippen molar-refractivity contribution in [3.05, 3.63) is 67.5 Å². The molecule has 1 aliphatic rings. The van der Waals surface area contributed by atoms with Gasteiger partial charge in [0, 0.05) is 31.2 Å². The van der Waals surface area contributed by atoms with Crippen LogP contribution < -0.4 is 16.0 Å². The molecule has 3 heterocycles. The summed E-state index contributed by atoms with van der Waals surface area (Å²) in [4.78, 5) is 49.8. The highest BCUT2D eigenvalue weighted by atomic mass is 35.5. The largest absolute Gasteiger partial charge is 0.431 e. The van der Waals surface area contributed by atoms with Gasteiger partial charge < -0.3 is 14.5 Å². The smallest absolute Gasteiger partial charge is 0.330 e. The van der Waals surface area contributed by atoms with Gasteiger partial charge >= 0.3 is 11.7 Å². The second-order valence-corrected chi connectivity index (χ2v) is 8.75. The van der Waals surface area contributed by atoms with E-state index in [0.717, 1.165) is 23.2 Å². The number of aromatic amines is 1. The van der Waals surface area contributed by atoms with Gasteiger partial charge in [-0.2, -0.15) is 4.98 Å². The summed E-state index contributed by atoms with van der Waals surface area (Å²) >= 11 is 6.01. The molecule has 0 unspecified atom stereocenters. The number of H-pyrrole nitrogens is 1. The van der Waals surface area contributed by atoms with Crippen LogP contribution in [0.3, 0.4) is 0 Å². The second-order valence-electron chi connectivity index (χ2n) is 8.31. The number of amides is 1. The average molecular weight is 487 g/mol. The van der Waals surface area contributed by atoms with Crippen molar-refractivity contribution in [2.45, 2.75) is 26.9 Å². The van der Waals surface area contributed by atoms with Crippen molar-refractivity contribution in [1.82, 2.24) is 28.9 Å². The predicted molar refractivity (Wildman–Crippen MR) is 129 cm³/mol. The molecule has 0 saturated carbocycles. The fourth-order valence-corrected chi connectivity index (χ4v) is 3.89. The highest BCUT2D eigenvalue weighted by Crippen LogP contribution is 2.21. The number of carbonyl (C=O) groups excluding carboxylic acids is 1. The summed E-state index contributed by atoms with van der Waals surface area (Å²) in [6.45, 7) is 6.10. The zero-order chi connectivity index (χ0) is 24.4. The summed E-state index contributed by atoms with van der Waals surface area (Å²) in [6, 6.07) is 7.34. The number of nitrogens with one attached hydrogen (secondary N) is 1. The van der Waals surface area contributed by atoms with Crippen LogP contribution in [-0.4, -0.2) is 68.0 Å². The van der Waals surface area contributed by atoms with Gasteiger partial charge in [-0.3, -0.25) is 19.1 Å². The molecule has 11 heteroatoms. The van der Waals surface area contributed by atoms with Crippen molar-refractivity contribution < 1.29 is 9.53 Å². The van der Waals surface area contributed by atoms with Crippen molar-refractivity contribution in [3.63, 3.8) is 0 Å². The minimum absolute atomic E-state index is 0.103. The van der Waals surface area contributed by atoms with E-state index in [9.17, 15) is 14.4 Å². The number of halogens is 1. The van der Waals surface area contributed by atoms with E-state index in [0.29, 0.717) is 23.9 Å². The minimum Gasteiger partial charge on any atom is -0.431 e. The lowest BCUT2D eigenvalue weighted by Crippen LogP contribution is -2.50. The fraction of sp³-hybridized carbons (Fsp3) is 0.391. The molecule has 1 aromatic carbocycles. The number of benzene rings is 1. The lowest BCUT2D eigenvalue weighted by atomic mass is 10.2. The number of nitrogens with zero attached hydrogens (tertiary/aromatic N) is 5. The summed E-state index contributed by atoms with van der Waals surface area (Å²) < 4.78 is 8.36. The molecular formula is C23H27ClN6O4. The van der Waals surface area contributed by atoms with Gasteiger partial charge in [0.05, 0.1) is 6.54 Å². The van der Waals surface area contributed by atoms with Gasteiger partial charge in [0.2, 0.25) is 5.91 Å². The number of ether oxygens (including phenoxy) is 1. The van der Waals surface area contributed by atoms with Gasteiger partial charge in [-0.25, -0.2) is 9.36 Å². The molecule has 0 aliphatic carbocycles. The van der Waals surface area contributed by atoms with Crippen molar-refractivity contribution in [1.29, 1.82) is 0 Å². The number of rotatable bonds is 6. The molecule has 4 rings (SSSR count). The van der Waals surface area contributed by atoms with E-state index >= 15 is 0 Å². The molecule has 0 bridgehead atoms. The zero-order valence-electron chi connectivity index (χ0n) is 19.4. The van der Waals surface area contributed by atoms with Gasteiger partial charge in [0.1, 0.15) is 12.3 Å². The van der Waals surface area contributed by atoms with Gasteiger partial charge in [0.25, 0.3) is 5.56 Å². The first-order valence-corrected chi connectivity index (χ1v) is 11.4. The number of hydrogen-bond acceptors (Lipinski definition) is 6. The lowest BCUT2D eigenvalue weighted by molar-refractivity contribution is -0.133. The third kappa shape index (κ3) is 4.92. The lowest BCUT2D eigenvalue weighted by Gasteiger charge is -2.32. The third-order valence-corrected chi connectivity index (χ3v) is 6.16. The van der Waals surface area contributed by atoms with E-state index in [1.807, 2.05) is 26.1 Å². The van der Waals surface area contributed by atoms with E-state index in [1.54, 1.807) is 34.6 Å². The molecular weight excluding hydrogens is 460 g/mol. The summed E-state index contributed by atoms with van der Waals surface area (Å²) in [6.07, 6.45) is 1.77. The maximum atomic E-state index is 13.5. The van der Waals surface area contributed by atoms with Crippen molar-refractivity contribution in [3.8, 4) is 6.01 Å². The van der Waals surface area contributed by atoms with Crippen LogP contribution in [-0.2, 0) is 17.9 Å². The van der Waals surface area contributed by atoms with Gasteiger partial charge in [0.15, 0.2) is 11.2 Å². The Morgan fingerprint density at radius 3 is 2.47 bits per heavy atom. The number of piperazine rings is 1. The number of allylic oxidation sites excluding steroid dienone is 2. The molecule has 34 heavy (non-hydrogen) atoms. The van der Waals surface area contributed by atoms with Crippen molar-refractivity contribution in [2.75, 3.05) is 33.2 Å². The molecule has 0 spiro atoms. The molecule has 1 saturated heterocycles. The highest BCUT2D eigenvalue weighted by molar-refractivity contribution is 6.30. The van der Waals surface area contributed by atoms with Crippen LogP contribution in [0.2, 0.25) is 5.02 Å². The Bertz CT molecular complexity index is 1350. The average Bonchev–Trinajstić information content (AvgIpc) is 3.14. The van der Waals surface area contributed by atoms with E-state index in [-0.39, 0.29) is 36.2 Å². The molecule has 1 aliphatic heterocycles. The number of aromatic nitrogens is 4. The Hall–Kier alpha value is -3.37. The Morgan fingerprint density at radius 1 is 1.15 bits per heavy atom. The third-order valence-electron chi connectivity index (χ3n) is 5.91. The van der Waals surface area contributed by atoms with Crippen LogP contribution in [0, 0.1) is 0 Å². The number of hydrogen-bond donors (Lipinski definition) is 1. The standard InChI is InChI=1S/C23H27ClN6O4/c1-4-15(2)34-23-26-20-19(29(23)13-16-5-7-17(24)8-6-16)21(32)30(22(33)25-20)14-18(31)28-11-9-27(3)10-12-28/h4-8H,9-14H2,1-3H3,(H,25,33)/b15-4+. The van der Waals surface area contributed by atoms with Gasteiger partial charge in [-0.05, 0) is 44.7 Å². The van der Waals surface area contributed by atoms with Crippen LogP contribution in [0.25, 0.3) is 11.2 Å². The Labute approximate surface area is 201 Å². The maximum absolute atomic E-state index is 13.5. The van der Waals surface area contributed by atoms with Crippen LogP contribution in [0.5, 0.6) is 6.01 Å². The minimum atomic E-state index is -0.689. The highest BCUT2D eigenvalue weighted by Gasteiger charge is 2.24. The Balaban J connectivity index is 1.77. The van der Waals surface area contributed by atoms with E-state index in [2.05, 4.69) is 14.9 Å². The van der Waals surface area contributed by atoms with Gasteiger partial charge in [-0.15, -0.1) is 0 Å². The topological polar surface area (TPSA) is 105 Å². The monoisotopic (exact) mass is 486 g/mol. The number of carbonyl (C=O) groups is 1. The molecule has 180 valence electrons. The second kappa shape index (κ2) is 9.86. The molecule has 1 amide bonds. The number of likely N-dealkylation sites (N-methyl/N-ethyl adjacent to an activating group) is 1. The first kappa shape index (κ1) is 23.8. The SMILES string of the molecule is C/C=C(\C)Oc1nc2[nH]c(=O)n(CC(=O)N3CCN(C)CC3)c(=O)c2n1Cc1ccc(Cl)cc1. The molecule has 0 radical (unpaired) electrons.